The first kappa shape index (κ1) is 13.5. The van der Waals surface area contributed by atoms with Gasteiger partial charge in [-0.1, -0.05) is 36.4 Å². The molecule has 0 unspecified atom stereocenters. The number of fused-ring (bicyclic) bond motifs is 2. The van der Waals surface area contributed by atoms with Crippen molar-refractivity contribution in [2.75, 3.05) is 0 Å². The standard InChI is InChI=1S/C18H13N3O2/c22-18(12-9-10-19-20-11-12)21-17-13-5-1-3-7-15(13)23-16-8-4-2-6-14(16)17/h1-11,17H,(H,21,22). The Morgan fingerprint density at radius 1 is 0.913 bits per heavy atom. The Morgan fingerprint density at radius 2 is 1.57 bits per heavy atom. The Kier molecular flexibility index (Phi) is 3.24. The molecule has 2 aromatic carbocycles. The number of hydrogen-bond donors (Lipinski definition) is 1. The van der Waals surface area contributed by atoms with E-state index in [1.54, 1.807) is 6.07 Å². The van der Waals surface area contributed by atoms with Crippen molar-refractivity contribution in [3.05, 3.63) is 83.7 Å². The van der Waals surface area contributed by atoms with Gasteiger partial charge < -0.3 is 10.1 Å². The number of aromatic nitrogens is 2. The van der Waals surface area contributed by atoms with Crippen LogP contribution in [-0.4, -0.2) is 16.1 Å². The second-order valence-corrected chi connectivity index (χ2v) is 5.22. The lowest BCUT2D eigenvalue weighted by Crippen LogP contribution is -2.31. The van der Waals surface area contributed by atoms with Crippen LogP contribution in [0.4, 0.5) is 0 Å². The quantitative estimate of drug-likeness (QED) is 0.790. The van der Waals surface area contributed by atoms with Crippen LogP contribution < -0.4 is 10.1 Å². The van der Waals surface area contributed by atoms with Gasteiger partial charge in [-0.25, -0.2) is 0 Å². The number of hydrogen-bond acceptors (Lipinski definition) is 4. The van der Waals surface area contributed by atoms with Crippen LogP contribution in [0.25, 0.3) is 0 Å². The van der Waals surface area contributed by atoms with Crippen LogP contribution in [0.5, 0.6) is 11.5 Å². The molecule has 1 amide bonds. The lowest BCUT2D eigenvalue weighted by Gasteiger charge is -2.28. The molecule has 5 heteroatoms. The minimum absolute atomic E-state index is 0.198. The Morgan fingerprint density at radius 3 is 2.17 bits per heavy atom. The third-order valence-electron chi connectivity index (χ3n) is 3.80. The topological polar surface area (TPSA) is 64.1 Å². The van der Waals surface area contributed by atoms with Gasteiger partial charge in [0.1, 0.15) is 11.5 Å². The third-order valence-corrected chi connectivity index (χ3v) is 3.80. The number of rotatable bonds is 2. The van der Waals surface area contributed by atoms with Crippen molar-refractivity contribution in [3.63, 3.8) is 0 Å². The molecule has 0 spiro atoms. The van der Waals surface area contributed by atoms with Crippen LogP contribution in [0.1, 0.15) is 27.5 Å². The summed E-state index contributed by atoms with van der Waals surface area (Å²) in [5.41, 5.74) is 2.34. The summed E-state index contributed by atoms with van der Waals surface area (Å²) in [6.45, 7) is 0. The highest BCUT2D eigenvalue weighted by molar-refractivity contribution is 5.94. The molecule has 0 atom stereocenters. The molecular formula is C18H13N3O2. The molecule has 1 aliphatic rings. The van der Waals surface area contributed by atoms with E-state index in [1.807, 2.05) is 48.5 Å². The van der Waals surface area contributed by atoms with Gasteiger partial charge in [0, 0.05) is 11.1 Å². The molecule has 0 bridgehead atoms. The molecule has 1 aliphatic heterocycles. The number of amides is 1. The van der Waals surface area contributed by atoms with Gasteiger partial charge in [-0.15, -0.1) is 0 Å². The molecule has 0 saturated heterocycles. The number of nitrogens with zero attached hydrogens (tertiary/aromatic N) is 2. The Labute approximate surface area is 133 Å². The smallest absolute Gasteiger partial charge is 0.253 e. The third kappa shape index (κ3) is 2.42. The highest BCUT2D eigenvalue weighted by Crippen LogP contribution is 2.42. The molecule has 1 N–H and O–H groups in total. The zero-order valence-corrected chi connectivity index (χ0v) is 12.1. The molecule has 4 rings (SSSR count). The fourth-order valence-electron chi connectivity index (χ4n) is 2.70. The van der Waals surface area contributed by atoms with E-state index in [-0.39, 0.29) is 11.9 Å². The van der Waals surface area contributed by atoms with Gasteiger partial charge in [0.15, 0.2) is 0 Å². The molecule has 112 valence electrons. The highest BCUT2D eigenvalue weighted by atomic mass is 16.5. The van der Waals surface area contributed by atoms with Crippen molar-refractivity contribution in [1.82, 2.24) is 15.5 Å². The molecule has 23 heavy (non-hydrogen) atoms. The van der Waals surface area contributed by atoms with E-state index in [1.165, 1.54) is 12.4 Å². The van der Waals surface area contributed by atoms with Crippen LogP contribution in [0, 0.1) is 0 Å². The molecular weight excluding hydrogens is 290 g/mol. The summed E-state index contributed by atoms with van der Waals surface area (Å²) in [7, 11) is 0. The van der Waals surface area contributed by atoms with Crippen LogP contribution in [0.2, 0.25) is 0 Å². The maximum Gasteiger partial charge on any atom is 0.253 e. The second kappa shape index (κ2) is 5.53. The molecule has 5 nitrogen and oxygen atoms in total. The molecule has 0 fully saturated rings. The summed E-state index contributed by atoms with van der Waals surface area (Å²) in [5, 5.41) is 10.5. The summed E-state index contributed by atoms with van der Waals surface area (Å²) in [5.74, 6) is 1.31. The number of ether oxygens (including phenoxy) is 1. The average molecular weight is 303 g/mol. The molecule has 2 heterocycles. The minimum Gasteiger partial charge on any atom is -0.457 e. The first-order valence-electron chi connectivity index (χ1n) is 7.26. The maximum absolute atomic E-state index is 12.5. The van der Waals surface area contributed by atoms with Crippen LogP contribution in [0.15, 0.2) is 67.0 Å². The summed E-state index contributed by atoms with van der Waals surface area (Å²) >= 11 is 0. The van der Waals surface area contributed by atoms with Crippen molar-refractivity contribution in [2.24, 2.45) is 0 Å². The van der Waals surface area contributed by atoms with Gasteiger partial charge in [-0.2, -0.15) is 10.2 Å². The SMILES string of the molecule is O=C(NC1c2ccccc2Oc2ccccc21)c1ccnnc1. The maximum atomic E-state index is 12.5. The van der Waals surface area contributed by atoms with E-state index in [4.69, 9.17) is 4.74 Å². The van der Waals surface area contributed by atoms with Gasteiger partial charge in [-0.05, 0) is 18.2 Å². The van der Waals surface area contributed by atoms with Crippen LogP contribution in [0.3, 0.4) is 0 Å². The first-order chi connectivity index (χ1) is 11.3. The minimum atomic E-state index is -0.267. The zero-order chi connectivity index (χ0) is 15.6. The number of carbonyl (C=O) groups is 1. The highest BCUT2D eigenvalue weighted by Gasteiger charge is 2.28. The predicted octanol–water partition coefficient (Wildman–Crippen LogP) is 3.10. The van der Waals surface area contributed by atoms with Gasteiger partial charge in [0.25, 0.3) is 5.91 Å². The molecule has 0 radical (unpaired) electrons. The molecule has 0 saturated carbocycles. The molecule has 1 aromatic heterocycles. The van der Waals surface area contributed by atoms with Crippen molar-refractivity contribution in [1.29, 1.82) is 0 Å². The van der Waals surface area contributed by atoms with Crippen molar-refractivity contribution in [2.45, 2.75) is 6.04 Å². The van der Waals surface area contributed by atoms with Crippen LogP contribution >= 0.6 is 0 Å². The molecule has 3 aromatic rings. The van der Waals surface area contributed by atoms with Gasteiger partial charge in [0.05, 0.1) is 24.0 Å². The summed E-state index contributed by atoms with van der Waals surface area (Å²) in [6, 6.07) is 16.8. The Balaban J connectivity index is 1.74. The summed E-state index contributed by atoms with van der Waals surface area (Å²) < 4.78 is 5.92. The summed E-state index contributed by atoms with van der Waals surface area (Å²) in [6.07, 6.45) is 2.95. The number of benzene rings is 2. The second-order valence-electron chi connectivity index (χ2n) is 5.22. The summed E-state index contributed by atoms with van der Waals surface area (Å²) in [4.78, 5) is 12.5. The fourth-order valence-corrected chi connectivity index (χ4v) is 2.70. The Bertz CT molecular complexity index is 819. The monoisotopic (exact) mass is 303 g/mol. The van der Waals surface area contributed by atoms with E-state index in [0.29, 0.717) is 5.56 Å². The van der Waals surface area contributed by atoms with Gasteiger partial charge in [-0.3, -0.25) is 4.79 Å². The van der Waals surface area contributed by atoms with E-state index >= 15 is 0 Å². The van der Waals surface area contributed by atoms with E-state index in [0.717, 1.165) is 22.6 Å². The van der Waals surface area contributed by atoms with Crippen molar-refractivity contribution in [3.8, 4) is 11.5 Å². The van der Waals surface area contributed by atoms with Crippen molar-refractivity contribution < 1.29 is 9.53 Å². The lowest BCUT2D eigenvalue weighted by atomic mass is 9.94. The molecule has 0 aliphatic carbocycles. The Hall–Kier alpha value is -3.21. The van der Waals surface area contributed by atoms with E-state index in [9.17, 15) is 4.79 Å². The number of carbonyl (C=O) groups excluding carboxylic acids is 1. The first-order valence-corrected chi connectivity index (χ1v) is 7.26. The zero-order valence-electron chi connectivity index (χ0n) is 12.1. The van der Waals surface area contributed by atoms with Gasteiger partial charge >= 0.3 is 0 Å². The normalized spacial score (nSPS) is 12.7. The van der Waals surface area contributed by atoms with E-state index in [2.05, 4.69) is 15.5 Å². The van der Waals surface area contributed by atoms with Crippen molar-refractivity contribution >= 4 is 5.91 Å². The lowest BCUT2D eigenvalue weighted by molar-refractivity contribution is 0.0941. The van der Waals surface area contributed by atoms with Crippen LogP contribution in [-0.2, 0) is 0 Å². The predicted molar refractivity (Wildman–Crippen MR) is 84.3 cm³/mol. The van der Waals surface area contributed by atoms with Gasteiger partial charge in [0.2, 0.25) is 0 Å². The number of para-hydroxylation sites is 2. The average Bonchev–Trinajstić information content (AvgIpc) is 2.62. The number of nitrogens with one attached hydrogen (secondary N) is 1. The largest absolute Gasteiger partial charge is 0.457 e. The fraction of sp³-hybridized carbons (Fsp3) is 0.0556. The van der Waals surface area contributed by atoms with E-state index < -0.39 is 0 Å².